The lowest BCUT2D eigenvalue weighted by molar-refractivity contribution is -0.131. The molecule has 2 aromatic rings. The summed E-state index contributed by atoms with van der Waals surface area (Å²) in [6.45, 7) is 2.23. The van der Waals surface area contributed by atoms with Gasteiger partial charge in [0.15, 0.2) is 0 Å². The predicted molar refractivity (Wildman–Crippen MR) is 77.7 cm³/mol. The topological polar surface area (TPSA) is 79.5 Å². The zero-order chi connectivity index (χ0) is 15.2. The molecule has 2 N–H and O–H groups in total. The third kappa shape index (κ3) is 4.07. The molecule has 5 nitrogen and oxygen atoms in total. The smallest absolute Gasteiger partial charge is 0.328 e. The van der Waals surface area contributed by atoms with Gasteiger partial charge in [0.2, 0.25) is 0 Å². The Bertz CT molecular complexity index is 672. The van der Waals surface area contributed by atoms with Crippen LogP contribution in [0.3, 0.4) is 0 Å². The van der Waals surface area contributed by atoms with Gasteiger partial charge in [0, 0.05) is 23.7 Å². The molecule has 0 saturated heterocycles. The number of hydrogen-bond acceptors (Lipinski definition) is 3. The molecule has 0 aliphatic rings. The van der Waals surface area contributed by atoms with Crippen LogP contribution in [0, 0.1) is 6.92 Å². The van der Waals surface area contributed by atoms with Crippen LogP contribution in [0.2, 0.25) is 0 Å². The number of amides is 1. The molecule has 108 valence electrons. The third-order valence-electron chi connectivity index (χ3n) is 2.97. The summed E-state index contributed by atoms with van der Waals surface area (Å²) < 4.78 is 4.93. The fourth-order valence-corrected chi connectivity index (χ4v) is 1.84. The van der Waals surface area contributed by atoms with Gasteiger partial charge >= 0.3 is 5.97 Å². The number of carbonyl (C=O) groups excluding carboxylic acids is 1. The first-order valence-electron chi connectivity index (χ1n) is 6.37. The fourth-order valence-electron chi connectivity index (χ4n) is 1.84. The molecule has 5 heteroatoms. The highest BCUT2D eigenvalue weighted by atomic mass is 16.4. The van der Waals surface area contributed by atoms with E-state index in [-0.39, 0.29) is 5.91 Å². The summed E-state index contributed by atoms with van der Waals surface area (Å²) in [5.74, 6) is -1.19. The van der Waals surface area contributed by atoms with E-state index in [9.17, 15) is 9.59 Å². The van der Waals surface area contributed by atoms with Crippen molar-refractivity contribution in [2.75, 3.05) is 0 Å². The first kappa shape index (κ1) is 14.6. The van der Waals surface area contributed by atoms with E-state index in [4.69, 9.17) is 9.52 Å². The number of hydrogen-bond donors (Lipinski definition) is 2. The molecule has 0 fully saturated rings. The monoisotopic (exact) mass is 285 g/mol. The van der Waals surface area contributed by atoms with E-state index in [0.717, 1.165) is 22.8 Å². The van der Waals surface area contributed by atoms with E-state index in [1.807, 2.05) is 6.92 Å². The van der Waals surface area contributed by atoms with Crippen LogP contribution in [0.15, 0.2) is 47.3 Å². The van der Waals surface area contributed by atoms with E-state index in [2.05, 4.69) is 5.32 Å². The molecule has 21 heavy (non-hydrogen) atoms. The molecule has 0 aliphatic heterocycles. The van der Waals surface area contributed by atoms with Gasteiger partial charge in [-0.05, 0) is 42.3 Å². The van der Waals surface area contributed by atoms with Gasteiger partial charge in [0.25, 0.3) is 5.91 Å². The van der Waals surface area contributed by atoms with Gasteiger partial charge in [-0.2, -0.15) is 0 Å². The minimum absolute atomic E-state index is 0.187. The first-order valence-corrected chi connectivity index (χ1v) is 6.37. The van der Waals surface area contributed by atoms with Crippen molar-refractivity contribution in [3.05, 3.63) is 65.1 Å². The van der Waals surface area contributed by atoms with Crippen molar-refractivity contribution in [3.63, 3.8) is 0 Å². The molecular formula is C16H15NO4. The van der Waals surface area contributed by atoms with Crippen LogP contribution >= 0.6 is 0 Å². The SMILES string of the molecule is Cc1cc(C(=O)NCc2ccoc2)ccc1/C=C/C(=O)O. The van der Waals surface area contributed by atoms with Crippen molar-refractivity contribution < 1.29 is 19.1 Å². The number of carboxylic acids is 1. The number of furan rings is 1. The Balaban J connectivity index is 2.05. The standard InChI is InChI=1S/C16H15NO4/c1-11-8-14(3-2-13(11)4-5-15(18)19)16(20)17-9-12-6-7-21-10-12/h2-8,10H,9H2,1H3,(H,17,20)(H,18,19)/b5-4+. The van der Waals surface area contributed by atoms with Crippen molar-refractivity contribution in [3.8, 4) is 0 Å². The van der Waals surface area contributed by atoms with Crippen LogP contribution < -0.4 is 5.32 Å². The lowest BCUT2D eigenvalue weighted by Crippen LogP contribution is -2.22. The van der Waals surface area contributed by atoms with E-state index in [1.54, 1.807) is 36.8 Å². The zero-order valence-corrected chi connectivity index (χ0v) is 11.5. The number of rotatable bonds is 5. The fraction of sp³-hybridized carbons (Fsp3) is 0.125. The van der Waals surface area contributed by atoms with Crippen LogP contribution in [-0.4, -0.2) is 17.0 Å². The third-order valence-corrected chi connectivity index (χ3v) is 2.97. The van der Waals surface area contributed by atoms with Crippen molar-refractivity contribution >= 4 is 18.0 Å². The lowest BCUT2D eigenvalue weighted by atomic mass is 10.0. The van der Waals surface area contributed by atoms with Gasteiger partial charge in [-0.1, -0.05) is 6.07 Å². The molecule has 0 aliphatic carbocycles. The summed E-state index contributed by atoms with van der Waals surface area (Å²) >= 11 is 0. The van der Waals surface area contributed by atoms with Crippen molar-refractivity contribution in [1.82, 2.24) is 5.32 Å². The molecule has 1 heterocycles. The highest BCUT2D eigenvalue weighted by Gasteiger charge is 2.07. The Morgan fingerprint density at radius 2 is 2.14 bits per heavy atom. The van der Waals surface area contributed by atoms with Gasteiger partial charge in [0.1, 0.15) is 0 Å². The molecule has 1 amide bonds. The quantitative estimate of drug-likeness (QED) is 0.828. The van der Waals surface area contributed by atoms with Gasteiger partial charge in [0.05, 0.1) is 12.5 Å². The summed E-state index contributed by atoms with van der Waals surface area (Å²) in [5.41, 5.74) is 3.02. The highest BCUT2D eigenvalue weighted by molar-refractivity contribution is 5.94. The number of aliphatic carboxylic acids is 1. The van der Waals surface area contributed by atoms with E-state index >= 15 is 0 Å². The normalized spacial score (nSPS) is 10.7. The molecule has 1 aromatic heterocycles. The van der Waals surface area contributed by atoms with E-state index < -0.39 is 5.97 Å². The molecule has 0 unspecified atom stereocenters. The Morgan fingerprint density at radius 3 is 2.76 bits per heavy atom. The Labute approximate surface area is 121 Å². The molecule has 0 spiro atoms. The minimum atomic E-state index is -1.00. The maximum atomic E-state index is 12.0. The average Bonchev–Trinajstić information content (AvgIpc) is 2.96. The van der Waals surface area contributed by atoms with Crippen LogP contribution in [0.5, 0.6) is 0 Å². The van der Waals surface area contributed by atoms with Gasteiger partial charge < -0.3 is 14.8 Å². The van der Waals surface area contributed by atoms with E-state index in [1.165, 1.54) is 6.08 Å². The van der Waals surface area contributed by atoms with Crippen LogP contribution in [-0.2, 0) is 11.3 Å². The maximum Gasteiger partial charge on any atom is 0.328 e. The van der Waals surface area contributed by atoms with Crippen LogP contribution in [0.1, 0.15) is 27.0 Å². The zero-order valence-electron chi connectivity index (χ0n) is 11.5. The second-order valence-electron chi connectivity index (χ2n) is 4.56. The summed E-state index contributed by atoms with van der Waals surface area (Å²) in [6, 6.07) is 6.90. The summed E-state index contributed by atoms with van der Waals surface area (Å²) in [4.78, 5) is 22.5. The van der Waals surface area contributed by atoms with Gasteiger partial charge in [-0.3, -0.25) is 4.79 Å². The number of nitrogens with one attached hydrogen (secondary N) is 1. The highest BCUT2D eigenvalue weighted by Crippen LogP contribution is 2.13. The molecular weight excluding hydrogens is 270 g/mol. The Kier molecular flexibility index (Phi) is 4.56. The summed E-state index contributed by atoms with van der Waals surface area (Å²) in [5, 5.41) is 11.4. The second kappa shape index (κ2) is 6.56. The number of aryl methyl sites for hydroxylation is 1. The van der Waals surface area contributed by atoms with E-state index in [0.29, 0.717) is 12.1 Å². The van der Waals surface area contributed by atoms with Crippen molar-refractivity contribution in [2.45, 2.75) is 13.5 Å². The number of carboxylic acid groups (broad SMARTS) is 1. The Hall–Kier alpha value is -2.82. The molecule has 0 radical (unpaired) electrons. The molecule has 0 atom stereocenters. The number of benzene rings is 1. The van der Waals surface area contributed by atoms with Crippen molar-refractivity contribution in [2.24, 2.45) is 0 Å². The van der Waals surface area contributed by atoms with Crippen LogP contribution in [0.25, 0.3) is 6.08 Å². The molecule has 1 aromatic carbocycles. The maximum absolute atomic E-state index is 12.0. The van der Waals surface area contributed by atoms with Gasteiger partial charge in [-0.25, -0.2) is 4.79 Å². The molecule has 2 rings (SSSR count). The average molecular weight is 285 g/mol. The lowest BCUT2D eigenvalue weighted by Gasteiger charge is -2.06. The minimum Gasteiger partial charge on any atom is -0.478 e. The summed E-state index contributed by atoms with van der Waals surface area (Å²) in [6.07, 6.45) is 5.70. The predicted octanol–water partition coefficient (Wildman–Crippen LogP) is 2.62. The first-order chi connectivity index (χ1) is 10.1. The number of carbonyl (C=O) groups is 2. The summed E-state index contributed by atoms with van der Waals surface area (Å²) in [7, 11) is 0. The van der Waals surface area contributed by atoms with Crippen LogP contribution in [0.4, 0.5) is 0 Å². The van der Waals surface area contributed by atoms with Crippen molar-refractivity contribution in [1.29, 1.82) is 0 Å². The Morgan fingerprint density at radius 1 is 1.33 bits per heavy atom. The largest absolute Gasteiger partial charge is 0.478 e. The second-order valence-corrected chi connectivity index (χ2v) is 4.56. The van der Waals surface area contributed by atoms with Gasteiger partial charge in [-0.15, -0.1) is 0 Å². The molecule has 0 saturated carbocycles. The molecule has 0 bridgehead atoms.